The van der Waals surface area contributed by atoms with Crippen LogP contribution in [0.3, 0.4) is 0 Å². The fourth-order valence-electron chi connectivity index (χ4n) is 2.10. The van der Waals surface area contributed by atoms with E-state index >= 15 is 0 Å². The van der Waals surface area contributed by atoms with Gasteiger partial charge in [-0.05, 0) is 35.4 Å². The Morgan fingerprint density at radius 1 is 0.783 bits per heavy atom. The van der Waals surface area contributed by atoms with Crippen molar-refractivity contribution in [2.75, 3.05) is 14.2 Å². The van der Waals surface area contributed by atoms with E-state index in [1.165, 1.54) is 0 Å². The molecule has 0 amide bonds. The molecule has 0 aromatic heterocycles. The molecule has 5 heteroatoms. The first-order valence-corrected chi connectivity index (χ1v) is 7.10. The van der Waals surface area contributed by atoms with E-state index in [2.05, 4.69) is 0 Å². The molecule has 0 fully saturated rings. The van der Waals surface area contributed by atoms with Crippen LogP contribution in [0.25, 0.3) is 0 Å². The third-order valence-corrected chi connectivity index (χ3v) is 3.19. The number of ether oxygens (including phenoxy) is 3. The van der Waals surface area contributed by atoms with Crippen LogP contribution in [0.15, 0.2) is 48.5 Å². The SMILES string of the molecule is COc1cccc(CC(=O)OC(=O)Cc2cccc(OC)c2)c1. The van der Waals surface area contributed by atoms with E-state index in [0.717, 1.165) is 11.1 Å². The molecule has 0 spiro atoms. The van der Waals surface area contributed by atoms with Crippen molar-refractivity contribution < 1.29 is 23.8 Å². The number of carbonyl (C=O) groups excluding carboxylic acids is 2. The van der Waals surface area contributed by atoms with Crippen molar-refractivity contribution in [2.24, 2.45) is 0 Å². The minimum atomic E-state index is -0.592. The van der Waals surface area contributed by atoms with E-state index in [9.17, 15) is 9.59 Å². The number of benzene rings is 2. The van der Waals surface area contributed by atoms with Crippen molar-refractivity contribution in [1.82, 2.24) is 0 Å². The molecule has 2 aromatic rings. The molecule has 23 heavy (non-hydrogen) atoms. The summed E-state index contributed by atoms with van der Waals surface area (Å²) < 4.78 is 15.0. The fraction of sp³-hybridized carbons (Fsp3) is 0.222. The topological polar surface area (TPSA) is 61.8 Å². The minimum Gasteiger partial charge on any atom is -0.497 e. The summed E-state index contributed by atoms with van der Waals surface area (Å²) in [6.45, 7) is 0. The molecular formula is C18H18O5. The van der Waals surface area contributed by atoms with Gasteiger partial charge in [-0.1, -0.05) is 24.3 Å². The summed E-state index contributed by atoms with van der Waals surface area (Å²) >= 11 is 0. The summed E-state index contributed by atoms with van der Waals surface area (Å²) in [6, 6.07) is 14.1. The lowest BCUT2D eigenvalue weighted by molar-refractivity contribution is -0.158. The van der Waals surface area contributed by atoms with Gasteiger partial charge in [-0.15, -0.1) is 0 Å². The average molecular weight is 314 g/mol. The van der Waals surface area contributed by atoms with Gasteiger partial charge >= 0.3 is 11.9 Å². The van der Waals surface area contributed by atoms with Crippen molar-refractivity contribution in [3.8, 4) is 11.5 Å². The van der Waals surface area contributed by atoms with Crippen molar-refractivity contribution in [2.45, 2.75) is 12.8 Å². The maximum atomic E-state index is 11.8. The second kappa shape index (κ2) is 7.98. The monoisotopic (exact) mass is 314 g/mol. The summed E-state index contributed by atoms with van der Waals surface area (Å²) in [5.41, 5.74) is 1.45. The van der Waals surface area contributed by atoms with Crippen molar-refractivity contribution >= 4 is 11.9 Å². The van der Waals surface area contributed by atoms with Crippen LogP contribution in [0.4, 0.5) is 0 Å². The molecule has 2 rings (SSSR count). The molecule has 0 bridgehead atoms. The normalized spacial score (nSPS) is 10.0. The molecule has 0 saturated carbocycles. The van der Waals surface area contributed by atoms with Gasteiger partial charge in [-0.25, -0.2) is 0 Å². The summed E-state index contributed by atoms with van der Waals surface area (Å²) in [5.74, 6) is 0.119. The highest BCUT2D eigenvalue weighted by Gasteiger charge is 2.13. The summed E-state index contributed by atoms with van der Waals surface area (Å²) in [4.78, 5) is 23.7. The lowest BCUT2D eigenvalue weighted by atomic mass is 10.1. The van der Waals surface area contributed by atoms with E-state index < -0.39 is 11.9 Å². The Balaban J connectivity index is 1.90. The van der Waals surface area contributed by atoms with Gasteiger partial charge in [0, 0.05) is 0 Å². The van der Waals surface area contributed by atoms with E-state index in [1.54, 1.807) is 62.8 Å². The Morgan fingerprint density at radius 2 is 1.22 bits per heavy atom. The number of esters is 2. The molecule has 0 N–H and O–H groups in total. The average Bonchev–Trinajstić information content (AvgIpc) is 2.54. The van der Waals surface area contributed by atoms with Crippen LogP contribution in [0.1, 0.15) is 11.1 Å². The fourth-order valence-corrected chi connectivity index (χ4v) is 2.10. The van der Waals surface area contributed by atoms with Gasteiger partial charge < -0.3 is 14.2 Å². The minimum absolute atomic E-state index is 0.0149. The Bertz CT molecular complexity index is 634. The second-order valence-electron chi connectivity index (χ2n) is 4.90. The Morgan fingerprint density at radius 3 is 1.61 bits per heavy atom. The standard InChI is InChI=1S/C18H18O5/c1-21-15-7-3-5-13(9-15)11-17(19)23-18(20)12-14-6-4-8-16(10-14)22-2/h3-10H,11-12H2,1-2H3. The zero-order valence-corrected chi connectivity index (χ0v) is 13.1. The first-order valence-electron chi connectivity index (χ1n) is 7.10. The molecule has 0 atom stereocenters. The molecule has 0 aliphatic carbocycles. The smallest absolute Gasteiger partial charge is 0.317 e. The van der Waals surface area contributed by atoms with Gasteiger partial charge in [0.25, 0.3) is 0 Å². The van der Waals surface area contributed by atoms with E-state index in [-0.39, 0.29) is 12.8 Å². The van der Waals surface area contributed by atoms with Crippen LogP contribution < -0.4 is 9.47 Å². The first-order chi connectivity index (χ1) is 11.1. The first kappa shape index (κ1) is 16.5. The van der Waals surface area contributed by atoms with Gasteiger partial charge in [0.15, 0.2) is 0 Å². The zero-order valence-electron chi connectivity index (χ0n) is 13.1. The van der Waals surface area contributed by atoms with Crippen LogP contribution in [-0.4, -0.2) is 26.2 Å². The lowest BCUT2D eigenvalue weighted by Crippen LogP contribution is -2.16. The van der Waals surface area contributed by atoms with Crippen LogP contribution in [-0.2, 0) is 27.2 Å². The lowest BCUT2D eigenvalue weighted by Gasteiger charge is -2.06. The van der Waals surface area contributed by atoms with Gasteiger partial charge in [-0.2, -0.15) is 0 Å². The maximum Gasteiger partial charge on any atom is 0.317 e. The quantitative estimate of drug-likeness (QED) is 0.606. The summed E-state index contributed by atoms with van der Waals surface area (Å²) in [6.07, 6.45) is 0.0299. The van der Waals surface area contributed by atoms with Crippen LogP contribution in [0.2, 0.25) is 0 Å². The second-order valence-corrected chi connectivity index (χ2v) is 4.90. The number of carbonyl (C=O) groups is 2. The van der Waals surface area contributed by atoms with E-state index in [1.807, 2.05) is 0 Å². The zero-order chi connectivity index (χ0) is 16.7. The molecule has 120 valence electrons. The highest BCUT2D eigenvalue weighted by atomic mass is 16.6. The predicted molar refractivity (Wildman–Crippen MR) is 84.5 cm³/mol. The molecule has 0 aliphatic rings. The third-order valence-electron chi connectivity index (χ3n) is 3.19. The molecular weight excluding hydrogens is 296 g/mol. The summed E-state index contributed by atoms with van der Waals surface area (Å²) in [5, 5.41) is 0. The highest BCUT2D eigenvalue weighted by Crippen LogP contribution is 2.15. The summed E-state index contributed by atoms with van der Waals surface area (Å²) in [7, 11) is 3.10. The number of hydrogen-bond donors (Lipinski definition) is 0. The van der Waals surface area contributed by atoms with E-state index in [0.29, 0.717) is 11.5 Å². The van der Waals surface area contributed by atoms with Crippen molar-refractivity contribution in [3.63, 3.8) is 0 Å². The van der Waals surface area contributed by atoms with Gasteiger partial charge in [0.2, 0.25) is 0 Å². The number of rotatable bonds is 6. The molecule has 2 aromatic carbocycles. The van der Waals surface area contributed by atoms with E-state index in [4.69, 9.17) is 14.2 Å². The molecule has 0 unspecified atom stereocenters. The van der Waals surface area contributed by atoms with Crippen LogP contribution >= 0.6 is 0 Å². The Labute approximate surface area is 134 Å². The number of hydrogen-bond acceptors (Lipinski definition) is 5. The van der Waals surface area contributed by atoms with Gasteiger partial charge in [-0.3, -0.25) is 9.59 Å². The number of methoxy groups -OCH3 is 2. The molecule has 0 aliphatic heterocycles. The van der Waals surface area contributed by atoms with Gasteiger partial charge in [0.1, 0.15) is 11.5 Å². The molecule has 0 saturated heterocycles. The maximum absolute atomic E-state index is 11.8. The van der Waals surface area contributed by atoms with Crippen molar-refractivity contribution in [1.29, 1.82) is 0 Å². The highest BCUT2D eigenvalue weighted by molar-refractivity contribution is 5.87. The predicted octanol–water partition coefficient (Wildman–Crippen LogP) is 2.56. The molecule has 5 nitrogen and oxygen atoms in total. The molecule has 0 radical (unpaired) electrons. The van der Waals surface area contributed by atoms with Crippen molar-refractivity contribution in [3.05, 3.63) is 59.7 Å². The Kier molecular flexibility index (Phi) is 5.74. The van der Waals surface area contributed by atoms with Crippen LogP contribution in [0, 0.1) is 0 Å². The van der Waals surface area contributed by atoms with Gasteiger partial charge in [0.05, 0.1) is 27.1 Å². The Hall–Kier alpha value is -2.82. The molecule has 0 heterocycles. The largest absolute Gasteiger partial charge is 0.497 e. The van der Waals surface area contributed by atoms with Crippen LogP contribution in [0.5, 0.6) is 11.5 Å². The third kappa shape index (κ3) is 5.14.